The molecule has 0 bridgehead atoms. The topological polar surface area (TPSA) is 52.7 Å². The largest absolute Gasteiger partial charge is 0.341 e. The number of thioether (sulfide) groups is 1. The fourth-order valence-electron chi connectivity index (χ4n) is 3.02. The summed E-state index contributed by atoms with van der Waals surface area (Å²) in [6.07, 6.45) is 0. The Morgan fingerprint density at radius 3 is 2.70 bits per heavy atom. The molecule has 2 aliphatic rings. The lowest BCUT2D eigenvalue weighted by Crippen LogP contribution is -2.57. The van der Waals surface area contributed by atoms with Gasteiger partial charge in [-0.25, -0.2) is 0 Å². The molecule has 0 aliphatic carbocycles. The van der Waals surface area contributed by atoms with Crippen LogP contribution in [0, 0.1) is 12.8 Å². The first-order chi connectivity index (χ1) is 11.1. The quantitative estimate of drug-likeness (QED) is 0.906. The molecule has 23 heavy (non-hydrogen) atoms. The summed E-state index contributed by atoms with van der Waals surface area (Å²) < 4.78 is 0. The van der Waals surface area contributed by atoms with E-state index in [1.165, 1.54) is 0 Å². The van der Waals surface area contributed by atoms with E-state index in [-0.39, 0.29) is 17.7 Å². The smallest absolute Gasteiger partial charge is 0.238 e. The van der Waals surface area contributed by atoms with Gasteiger partial charge in [-0.15, -0.1) is 0 Å². The number of carbonyl (C=O) groups is 2. The standard InChI is InChI=1S/C17H23N3O2S/c1-13-3-2-4-15(9-13)18-16(21)12-19-10-14(11-19)17(22)20-5-7-23-8-6-20/h2-4,9,14H,5-8,10-12H2,1H3,(H,18,21). The number of carbonyl (C=O) groups excluding carboxylic acids is 2. The van der Waals surface area contributed by atoms with E-state index in [0.717, 1.165) is 35.8 Å². The third-order valence-corrected chi connectivity index (χ3v) is 5.24. The van der Waals surface area contributed by atoms with Crippen molar-refractivity contribution in [2.75, 3.05) is 49.5 Å². The summed E-state index contributed by atoms with van der Waals surface area (Å²) in [4.78, 5) is 28.4. The number of benzene rings is 1. The lowest BCUT2D eigenvalue weighted by atomic mass is 9.98. The minimum absolute atomic E-state index is 0.0177. The first kappa shape index (κ1) is 16.3. The van der Waals surface area contributed by atoms with Gasteiger partial charge >= 0.3 is 0 Å². The first-order valence-electron chi connectivity index (χ1n) is 8.07. The van der Waals surface area contributed by atoms with Crippen LogP contribution in [0.1, 0.15) is 5.56 Å². The van der Waals surface area contributed by atoms with Crippen LogP contribution in [0.4, 0.5) is 5.69 Å². The zero-order valence-electron chi connectivity index (χ0n) is 13.5. The van der Waals surface area contributed by atoms with Crippen molar-refractivity contribution in [3.05, 3.63) is 29.8 Å². The van der Waals surface area contributed by atoms with Crippen LogP contribution in [0.3, 0.4) is 0 Å². The molecule has 1 aromatic rings. The number of hydrogen-bond donors (Lipinski definition) is 1. The van der Waals surface area contributed by atoms with E-state index in [9.17, 15) is 9.59 Å². The van der Waals surface area contributed by atoms with Crippen molar-refractivity contribution < 1.29 is 9.59 Å². The SMILES string of the molecule is Cc1cccc(NC(=O)CN2CC(C(=O)N3CCSCC3)C2)c1. The molecule has 5 nitrogen and oxygen atoms in total. The van der Waals surface area contributed by atoms with Crippen molar-refractivity contribution in [2.24, 2.45) is 5.92 Å². The molecule has 0 unspecified atom stereocenters. The maximum atomic E-state index is 12.3. The van der Waals surface area contributed by atoms with E-state index in [1.54, 1.807) is 0 Å². The molecule has 1 N–H and O–H groups in total. The van der Waals surface area contributed by atoms with Crippen LogP contribution in [0.5, 0.6) is 0 Å². The molecule has 0 aromatic heterocycles. The van der Waals surface area contributed by atoms with Crippen molar-refractivity contribution in [2.45, 2.75) is 6.92 Å². The molecule has 2 saturated heterocycles. The molecular formula is C17H23N3O2S. The maximum absolute atomic E-state index is 12.3. The highest BCUT2D eigenvalue weighted by Crippen LogP contribution is 2.20. The molecule has 124 valence electrons. The highest BCUT2D eigenvalue weighted by molar-refractivity contribution is 7.99. The zero-order valence-corrected chi connectivity index (χ0v) is 14.3. The lowest BCUT2D eigenvalue weighted by Gasteiger charge is -2.40. The number of nitrogens with one attached hydrogen (secondary N) is 1. The number of nitrogens with zero attached hydrogens (tertiary/aromatic N) is 2. The lowest BCUT2D eigenvalue weighted by molar-refractivity contribution is -0.141. The Bertz CT molecular complexity index is 581. The minimum Gasteiger partial charge on any atom is -0.341 e. The van der Waals surface area contributed by atoms with Gasteiger partial charge in [0, 0.05) is 43.4 Å². The van der Waals surface area contributed by atoms with E-state index in [0.29, 0.717) is 19.6 Å². The average molecular weight is 333 g/mol. The van der Waals surface area contributed by atoms with E-state index in [1.807, 2.05) is 52.8 Å². The zero-order chi connectivity index (χ0) is 16.2. The summed E-state index contributed by atoms with van der Waals surface area (Å²) in [6, 6.07) is 7.77. The Labute approximate surface area is 141 Å². The Morgan fingerprint density at radius 1 is 1.26 bits per heavy atom. The fourth-order valence-corrected chi connectivity index (χ4v) is 3.93. The third-order valence-electron chi connectivity index (χ3n) is 4.30. The normalized spacial score (nSPS) is 19.3. The Balaban J connectivity index is 1.41. The Hall–Kier alpha value is -1.53. The summed E-state index contributed by atoms with van der Waals surface area (Å²) in [5.74, 6) is 2.41. The van der Waals surface area contributed by atoms with Gasteiger partial charge < -0.3 is 10.2 Å². The minimum atomic E-state index is -0.0177. The third kappa shape index (κ3) is 4.26. The molecule has 2 heterocycles. The van der Waals surface area contributed by atoms with Gasteiger partial charge in [0.05, 0.1) is 12.5 Å². The van der Waals surface area contributed by atoms with Crippen LogP contribution >= 0.6 is 11.8 Å². The van der Waals surface area contributed by atoms with Crippen LogP contribution in [0.2, 0.25) is 0 Å². The van der Waals surface area contributed by atoms with Crippen molar-refractivity contribution in [1.29, 1.82) is 0 Å². The molecule has 2 fully saturated rings. The number of anilines is 1. The van der Waals surface area contributed by atoms with E-state index in [2.05, 4.69) is 5.32 Å². The molecule has 3 rings (SSSR count). The summed E-state index contributed by atoms with van der Waals surface area (Å²) in [7, 11) is 0. The highest BCUT2D eigenvalue weighted by atomic mass is 32.2. The van der Waals surface area contributed by atoms with Gasteiger partial charge in [0.15, 0.2) is 0 Å². The fraction of sp³-hybridized carbons (Fsp3) is 0.529. The van der Waals surface area contributed by atoms with E-state index >= 15 is 0 Å². The second-order valence-electron chi connectivity index (χ2n) is 6.25. The molecule has 6 heteroatoms. The second kappa shape index (κ2) is 7.36. The van der Waals surface area contributed by atoms with Crippen LogP contribution in [-0.2, 0) is 9.59 Å². The van der Waals surface area contributed by atoms with E-state index < -0.39 is 0 Å². The van der Waals surface area contributed by atoms with Crippen molar-refractivity contribution in [3.63, 3.8) is 0 Å². The molecule has 0 saturated carbocycles. The first-order valence-corrected chi connectivity index (χ1v) is 9.23. The molecular weight excluding hydrogens is 310 g/mol. The number of hydrogen-bond acceptors (Lipinski definition) is 4. The number of aryl methyl sites for hydroxylation is 1. The summed E-state index contributed by atoms with van der Waals surface area (Å²) in [5, 5.41) is 2.91. The summed E-state index contributed by atoms with van der Waals surface area (Å²) in [5.41, 5.74) is 1.95. The van der Waals surface area contributed by atoms with Crippen LogP contribution in [-0.4, -0.2) is 65.8 Å². The molecule has 1 aromatic carbocycles. The highest BCUT2D eigenvalue weighted by Gasteiger charge is 2.36. The van der Waals surface area contributed by atoms with Crippen molar-refractivity contribution >= 4 is 29.3 Å². The van der Waals surface area contributed by atoms with Gasteiger partial charge in [0.1, 0.15) is 0 Å². The van der Waals surface area contributed by atoms with Gasteiger partial charge in [-0.2, -0.15) is 11.8 Å². The Kier molecular flexibility index (Phi) is 5.23. The van der Waals surface area contributed by atoms with Gasteiger partial charge in [0.25, 0.3) is 0 Å². The van der Waals surface area contributed by atoms with Crippen molar-refractivity contribution in [1.82, 2.24) is 9.80 Å². The number of amides is 2. The monoisotopic (exact) mass is 333 g/mol. The maximum Gasteiger partial charge on any atom is 0.238 e. The predicted octanol–water partition coefficient (Wildman–Crippen LogP) is 1.44. The van der Waals surface area contributed by atoms with Gasteiger partial charge in [-0.3, -0.25) is 14.5 Å². The van der Waals surface area contributed by atoms with Crippen LogP contribution < -0.4 is 5.32 Å². The summed E-state index contributed by atoms with van der Waals surface area (Å²) in [6.45, 7) is 5.49. The van der Waals surface area contributed by atoms with E-state index in [4.69, 9.17) is 0 Å². The van der Waals surface area contributed by atoms with Crippen LogP contribution in [0.25, 0.3) is 0 Å². The van der Waals surface area contributed by atoms with Crippen LogP contribution in [0.15, 0.2) is 24.3 Å². The van der Waals surface area contributed by atoms with Gasteiger partial charge in [-0.1, -0.05) is 12.1 Å². The second-order valence-corrected chi connectivity index (χ2v) is 7.47. The number of likely N-dealkylation sites (tertiary alicyclic amines) is 1. The average Bonchev–Trinajstić information content (AvgIpc) is 2.51. The molecule has 2 amide bonds. The van der Waals surface area contributed by atoms with Gasteiger partial charge in [0.2, 0.25) is 11.8 Å². The molecule has 0 radical (unpaired) electrons. The number of rotatable bonds is 4. The Morgan fingerprint density at radius 2 is 2.00 bits per heavy atom. The predicted molar refractivity (Wildman–Crippen MR) is 93.6 cm³/mol. The summed E-state index contributed by atoms with van der Waals surface area (Å²) >= 11 is 1.91. The molecule has 2 aliphatic heterocycles. The van der Waals surface area contributed by atoms with Gasteiger partial charge in [-0.05, 0) is 24.6 Å². The van der Waals surface area contributed by atoms with Crippen molar-refractivity contribution in [3.8, 4) is 0 Å². The molecule has 0 spiro atoms. The molecule has 0 atom stereocenters.